The minimum Gasteiger partial charge on any atom is -0.507 e. The summed E-state index contributed by atoms with van der Waals surface area (Å²) in [5.74, 6) is -3.44. The Kier molecular flexibility index (Phi) is 8.24. The van der Waals surface area contributed by atoms with E-state index in [1.807, 2.05) is 0 Å². The van der Waals surface area contributed by atoms with Crippen molar-refractivity contribution in [2.24, 2.45) is 0 Å². The Hall–Kier alpha value is -2.29. The summed E-state index contributed by atoms with van der Waals surface area (Å²) >= 11 is 0. The summed E-state index contributed by atoms with van der Waals surface area (Å²) in [6.45, 7) is 0. The van der Waals surface area contributed by atoms with Crippen LogP contribution in [0.25, 0.3) is 0 Å². The lowest BCUT2D eigenvalue weighted by Gasteiger charge is -2.26. The third kappa shape index (κ3) is 5.76. The Bertz CT molecular complexity index is 1030. The number of carbonyl (C=O) groups is 2. The van der Waals surface area contributed by atoms with Crippen LogP contribution in [0.1, 0.15) is 117 Å². The van der Waals surface area contributed by atoms with E-state index in [1.165, 1.54) is 0 Å². The zero-order valence-corrected chi connectivity index (χ0v) is 21.0. The third-order valence-corrected chi connectivity index (χ3v) is 9.90. The molecule has 1 aromatic carbocycles. The van der Waals surface area contributed by atoms with Crippen molar-refractivity contribution in [3.8, 4) is 11.5 Å². The SMILES string of the molecule is O=C(OC1CCCCC1)c1cc(O)c(C(=O)OC2CCCCC2)c(S(=O)(=O)C2CCCCC2)c1O. The molecule has 3 saturated carbocycles. The van der Waals surface area contributed by atoms with Crippen molar-refractivity contribution in [2.75, 3.05) is 0 Å². The highest BCUT2D eigenvalue weighted by molar-refractivity contribution is 7.92. The van der Waals surface area contributed by atoms with Crippen molar-refractivity contribution in [2.45, 2.75) is 119 Å². The molecule has 0 spiro atoms. The van der Waals surface area contributed by atoms with Gasteiger partial charge in [-0.25, -0.2) is 18.0 Å². The van der Waals surface area contributed by atoms with Gasteiger partial charge in [-0.1, -0.05) is 32.1 Å². The fourth-order valence-corrected chi connectivity index (χ4v) is 7.74. The minimum atomic E-state index is -4.24. The maximum atomic E-state index is 13.7. The van der Waals surface area contributed by atoms with Crippen molar-refractivity contribution in [3.05, 3.63) is 17.2 Å². The molecule has 0 radical (unpaired) electrons. The molecule has 1 aromatic rings. The van der Waals surface area contributed by atoms with Crippen molar-refractivity contribution >= 4 is 21.8 Å². The molecule has 9 heteroatoms. The van der Waals surface area contributed by atoms with Gasteiger partial charge in [-0.05, 0) is 70.3 Å². The van der Waals surface area contributed by atoms with Gasteiger partial charge in [0.05, 0.1) is 5.25 Å². The molecule has 4 rings (SSSR count). The van der Waals surface area contributed by atoms with E-state index in [-0.39, 0.29) is 12.2 Å². The van der Waals surface area contributed by atoms with Gasteiger partial charge in [-0.3, -0.25) is 0 Å². The standard InChI is InChI=1S/C26H36O8S/c27-21-16-20(25(29)33-17-10-4-1-5-11-17)23(28)24(35(31,32)19-14-8-3-9-15-19)22(21)26(30)34-18-12-6-2-7-13-18/h16-19,27-28H,1-15H2. The number of aromatic hydroxyl groups is 2. The molecule has 2 N–H and O–H groups in total. The van der Waals surface area contributed by atoms with Crippen LogP contribution in [-0.2, 0) is 19.3 Å². The van der Waals surface area contributed by atoms with E-state index >= 15 is 0 Å². The third-order valence-electron chi connectivity index (χ3n) is 7.59. The molecule has 0 aromatic heterocycles. The number of hydrogen-bond donors (Lipinski definition) is 2. The van der Waals surface area contributed by atoms with E-state index in [0.717, 1.165) is 51.0 Å². The van der Waals surface area contributed by atoms with Crippen molar-refractivity contribution in [3.63, 3.8) is 0 Å². The predicted octanol–water partition coefficient (Wildman–Crippen LogP) is 5.18. The van der Waals surface area contributed by atoms with E-state index in [9.17, 15) is 28.2 Å². The number of phenols is 2. The average molecular weight is 509 g/mol. The van der Waals surface area contributed by atoms with Crippen LogP contribution >= 0.6 is 0 Å². The maximum Gasteiger partial charge on any atom is 0.343 e. The summed E-state index contributed by atoms with van der Waals surface area (Å²) in [4.78, 5) is 25.4. The summed E-state index contributed by atoms with van der Waals surface area (Å²) in [5.41, 5.74) is -1.04. The lowest BCUT2D eigenvalue weighted by molar-refractivity contribution is 0.0186. The van der Waals surface area contributed by atoms with Gasteiger partial charge in [0.2, 0.25) is 0 Å². The van der Waals surface area contributed by atoms with Crippen LogP contribution in [0.3, 0.4) is 0 Å². The molecule has 0 bridgehead atoms. The Balaban J connectivity index is 1.73. The maximum absolute atomic E-state index is 13.7. The quantitative estimate of drug-likeness (QED) is 0.397. The first-order chi connectivity index (χ1) is 16.8. The molecular weight excluding hydrogens is 472 g/mol. The van der Waals surface area contributed by atoms with Gasteiger partial charge in [-0.2, -0.15) is 0 Å². The second-order valence-electron chi connectivity index (χ2n) is 10.1. The highest BCUT2D eigenvalue weighted by atomic mass is 32.2. The molecule has 8 nitrogen and oxygen atoms in total. The second-order valence-corrected chi connectivity index (χ2v) is 12.3. The number of esters is 2. The molecule has 0 atom stereocenters. The molecule has 0 amide bonds. The van der Waals surface area contributed by atoms with Gasteiger partial charge in [-0.15, -0.1) is 0 Å². The Labute approximate surface area is 206 Å². The molecule has 0 unspecified atom stereocenters. The summed E-state index contributed by atoms with van der Waals surface area (Å²) in [6, 6.07) is 0.928. The van der Waals surface area contributed by atoms with Gasteiger partial charge >= 0.3 is 11.9 Å². The summed E-state index contributed by atoms with van der Waals surface area (Å²) in [6.07, 6.45) is 10.8. The smallest absolute Gasteiger partial charge is 0.343 e. The lowest BCUT2D eigenvalue weighted by atomic mass is 9.97. The Morgan fingerprint density at radius 1 is 0.714 bits per heavy atom. The van der Waals surface area contributed by atoms with Crippen LogP contribution in [0.15, 0.2) is 11.0 Å². The monoisotopic (exact) mass is 508 g/mol. The molecule has 3 fully saturated rings. The molecule has 3 aliphatic rings. The minimum absolute atomic E-state index is 0.327. The number of benzene rings is 1. The summed E-state index contributed by atoms with van der Waals surface area (Å²) < 4.78 is 38.5. The van der Waals surface area contributed by atoms with Crippen LogP contribution in [0.4, 0.5) is 0 Å². The average Bonchev–Trinajstić information content (AvgIpc) is 2.86. The normalized spacial score (nSPS) is 20.9. The Morgan fingerprint density at radius 3 is 1.69 bits per heavy atom. The van der Waals surface area contributed by atoms with Gasteiger partial charge < -0.3 is 19.7 Å². The molecular formula is C26H36O8S. The van der Waals surface area contributed by atoms with Crippen LogP contribution in [-0.4, -0.2) is 48.0 Å². The van der Waals surface area contributed by atoms with Gasteiger partial charge in [0.15, 0.2) is 9.84 Å². The van der Waals surface area contributed by atoms with E-state index in [0.29, 0.717) is 51.4 Å². The molecule has 3 aliphatic carbocycles. The fraction of sp³-hybridized carbons (Fsp3) is 0.692. The number of phenolic OH excluding ortho intramolecular Hbond substituents is 2. The Morgan fingerprint density at radius 2 is 1.17 bits per heavy atom. The number of hydrogen-bond acceptors (Lipinski definition) is 8. The first-order valence-corrected chi connectivity index (χ1v) is 14.6. The van der Waals surface area contributed by atoms with Gasteiger partial charge in [0, 0.05) is 0 Å². The lowest BCUT2D eigenvalue weighted by Crippen LogP contribution is -2.28. The highest BCUT2D eigenvalue weighted by Crippen LogP contribution is 2.42. The zero-order chi connectivity index (χ0) is 25.0. The first-order valence-electron chi connectivity index (χ1n) is 13.0. The highest BCUT2D eigenvalue weighted by Gasteiger charge is 2.40. The van der Waals surface area contributed by atoms with Crippen molar-refractivity contribution < 1.29 is 37.7 Å². The summed E-state index contributed by atoms with van der Waals surface area (Å²) in [5, 5.41) is 21.1. The number of carbonyl (C=O) groups excluding carboxylic acids is 2. The van der Waals surface area contributed by atoms with Crippen LogP contribution in [0.2, 0.25) is 0 Å². The van der Waals surface area contributed by atoms with E-state index in [2.05, 4.69) is 0 Å². The number of ether oxygens (including phenoxy) is 2. The van der Waals surface area contributed by atoms with E-state index < -0.39 is 54.5 Å². The largest absolute Gasteiger partial charge is 0.507 e. The molecule has 0 heterocycles. The molecule has 0 saturated heterocycles. The fourth-order valence-electron chi connectivity index (χ4n) is 5.60. The van der Waals surface area contributed by atoms with Crippen LogP contribution < -0.4 is 0 Å². The van der Waals surface area contributed by atoms with E-state index in [1.54, 1.807) is 0 Å². The molecule has 194 valence electrons. The number of rotatable bonds is 6. The predicted molar refractivity (Wildman–Crippen MR) is 128 cm³/mol. The van der Waals surface area contributed by atoms with Gasteiger partial charge in [0.1, 0.15) is 39.7 Å². The van der Waals surface area contributed by atoms with Crippen LogP contribution in [0.5, 0.6) is 11.5 Å². The van der Waals surface area contributed by atoms with Crippen LogP contribution in [0, 0.1) is 0 Å². The van der Waals surface area contributed by atoms with Crippen molar-refractivity contribution in [1.82, 2.24) is 0 Å². The second kappa shape index (κ2) is 11.2. The van der Waals surface area contributed by atoms with Gasteiger partial charge in [0.25, 0.3) is 0 Å². The van der Waals surface area contributed by atoms with Crippen molar-refractivity contribution in [1.29, 1.82) is 0 Å². The molecule has 35 heavy (non-hydrogen) atoms. The topological polar surface area (TPSA) is 127 Å². The number of sulfone groups is 1. The summed E-state index contributed by atoms with van der Waals surface area (Å²) in [7, 11) is -4.24. The molecule has 0 aliphatic heterocycles. The van der Waals surface area contributed by atoms with E-state index in [4.69, 9.17) is 9.47 Å². The first kappa shape index (κ1) is 25.8. The zero-order valence-electron chi connectivity index (χ0n) is 20.2.